The van der Waals surface area contributed by atoms with E-state index in [0.717, 1.165) is 11.8 Å². The van der Waals surface area contributed by atoms with Crippen LogP contribution in [0.1, 0.15) is 44.9 Å². The van der Waals surface area contributed by atoms with E-state index >= 15 is 0 Å². The molecule has 0 aromatic heterocycles. The van der Waals surface area contributed by atoms with E-state index in [0.29, 0.717) is 0 Å². The van der Waals surface area contributed by atoms with Crippen molar-refractivity contribution in [2.24, 2.45) is 11.8 Å². The molecule has 133 valence electrons. The third kappa shape index (κ3) is 4.23. The average Bonchev–Trinajstić information content (AvgIpc) is 2.54. The molecule has 0 unspecified atom stereocenters. The number of hydrogen-bond donors (Lipinski definition) is 0. The summed E-state index contributed by atoms with van der Waals surface area (Å²) in [5.74, 6) is 1.73. The first-order valence-electron chi connectivity index (χ1n) is 9.98. The fraction of sp³-hybridized carbons (Fsp3) is 0.714. The number of fused-ring (bicyclic) bond motifs is 1. The molecule has 0 saturated heterocycles. The molecule has 2 aliphatic rings. The van der Waals surface area contributed by atoms with Gasteiger partial charge in [0.25, 0.3) is 0 Å². The van der Waals surface area contributed by atoms with Gasteiger partial charge < -0.3 is 4.43 Å². The normalized spacial score (nSPS) is 31.0. The van der Waals surface area contributed by atoms with E-state index in [9.17, 15) is 0 Å². The minimum atomic E-state index is -1.49. The van der Waals surface area contributed by atoms with Crippen molar-refractivity contribution in [3.8, 4) is 0 Å². The van der Waals surface area contributed by atoms with Gasteiger partial charge in [0, 0.05) is 0 Å². The predicted octanol–water partition coefficient (Wildman–Crippen LogP) is 5.60. The maximum Gasteiger partial charge on any atom is 0.184 e. The summed E-state index contributed by atoms with van der Waals surface area (Å²) in [5, 5.41) is 1.61. The van der Waals surface area contributed by atoms with Crippen molar-refractivity contribution in [3.63, 3.8) is 0 Å². The number of benzene rings is 1. The lowest BCUT2D eigenvalue weighted by Gasteiger charge is -2.54. The van der Waals surface area contributed by atoms with E-state index < -0.39 is 17.1 Å². The summed E-state index contributed by atoms with van der Waals surface area (Å²) < 4.78 is 6.94. The first-order valence-corrected chi connectivity index (χ1v) is 15.6. The molecule has 0 spiro atoms. The highest BCUT2D eigenvalue weighted by Gasteiger charge is 2.49. The SMILES string of the molecule is C[Si](C[C@H]1CCC[C@]2(O[Si](C)(C)C)CCCC[C@H]12)c1ccccc1. The second-order valence-corrected chi connectivity index (χ2v) is 16.1. The van der Waals surface area contributed by atoms with Crippen LogP contribution in [-0.4, -0.2) is 22.7 Å². The summed E-state index contributed by atoms with van der Waals surface area (Å²) >= 11 is 0. The third-order valence-electron chi connectivity index (χ3n) is 6.13. The Kier molecular flexibility index (Phi) is 5.73. The highest BCUT2D eigenvalue weighted by atomic mass is 28.4. The molecule has 1 aromatic rings. The first-order chi connectivity index (χ1) is 11.4. The second-order valence-electron chi connectivity index (χ2n) is 9.13. The van der Waals surface area contributed by atoms with E-state index in [4.69, 9.17) is 4.43 Å². The summed E-state index contributed by atoms with van der Waals surface area (Å²) in [6, 6.07) is 12.7. The van der Waals surface area contributed by atoms with Gasteiger partial charge in [-0.25, -0.2) is 0 Å². The van der Waals surface area contributed by atoms with Gasteiger partial charge in [0.15, 0.2) is 8.32 Å². The van der Waals surface area contributed by atoms with Crippen molar-refractivity contribution in [2.45, 2.75) is 82.8 Å². The molecule has 3 atom stereocenters. The molecule has 3 heteroatoms. The molecule has 2 fully saturated rings. The molecule has 0 heterocycles. The molecule has 2 aliphatic carbocycles. The molecule has 1 radical (unpaired) electrons. The molecule has 0 amide bonds. The van der Waals surface area contributed by atoms with Gasteiger partial charge in [-0.15, -0.1) is 0 Å². The zero-order valence-corrected chi connectivity index (χ0v) is 18.1. The Morgan fingerprint density at radius 3 is 2.46 bits per heavy atom. The van der Waals surface area contributed by atoms with Crippen LogP contribution in [0.2, 0.25) is 32.2 Å². The standard InChI is InChI=1S/C21H35OSi2/c1-23(19-12-6-5-7-13-19)17-18-11-10-16-21(22-24(2,3)4)15-9-8-14-20(18)21/h5-7,12-13,18,20H,8-11,14-17H2,1-4H3/t18-,20-,21-/m1/s1. The van der Waals surface area contributed by atoms with Crippen LogP contribution in [0.4, 0.5) is 0 Å². The fourth-order valence-corrected chi connectivity index (χ4v) is 9.19. The predicted molar refractivity (Wildman–Crippen MR) is 109 cm³/mol. The zero-order valence-electron chi connectivity index (χ0n) is 16.1. The van der Waals surface area contributed by atoms with E-state index in [1.807, 2.05) is 0 Å². The van der Waals surface area contributed by atoms with Crippen molar-refractivity contribution in [3.05, 3.63) is 30.3 Å². The van der Waals surface area contributed by atoms with Crippen LogP contribution in [0, 0.1) is 11.8 Å². The van der Waals surface area contributed by atoms with Crippen molar-refractivity contribution in [1.29, 1.82) is 0 Å². The van der Waals surface area contributed by atoms with Crippen molar-refractivity contribution in [1.82, 2.24) is 0 Å². The van der Waals surface area contributed by atoms with Gasteiger partial charge in [0.2, 0.25) is 0 Å². The van der Waals surface area contributed by atoms with E-state index in [1.165, 1.54) is 51.0 Å². The summed E-state index contributed by atoms with van der Waals surface area (Å²) in [5.41, 5.74) is 0.241. The molecule has 1 nitrogen and oxygen atoms in total. The van der Waals surface area contributed by atoms with Gasteiger partial charge in [-0.05, 0) is 50.7 Å². The summed E-state index contributed by atoms with van der Waals surface area (Å²) in [6.07, 6.45) is 9.71. The number of hydrogen-bond acceptors (Lipinski definition) is 1. The van der Waals surface area contributed by atoms with E-state index in [-0.39, 0.29) is 5.60 Å². The Morgan fingerprint density at radius 1 is 1.04 bits per heavy atom. The lowest BCUT2D eigenvalue weighted by molar-refractivity contribution is -0.0810. The van der Waals surface area contributed by atoms with Gasteiger partial charge in [0.1, 0.15) is 0 Å². The molecular formula is C21H35OSi2. The highest BCUT2D eigenvalue weighted by molar-refractivity contribution is 6.72. The average molecular weight is 360 g/mol. The van der Waals surface area contributed by atoms with Gasteiger partial charge in [-0.1, -0.05) is 73.8 Å². The van der Waals surface area contributed by atoms with Crippen molar-refractivity contribution < 1.29 is 4.43 Å². The molecule has 0 N–H and O–H groups in total. The Morgan fingerprint density at radius 2 is 1.75 bits per heavy atom. The third-order valence-corrected chi connectivity index (χ3v) is 9.60. The van der Waals surface area contributed by atoms with Gasteiger partial charge in [-0.3, -0.25) is 0 Å². The van der Waals surface area contributed by atoms with Crippen molar-refractivity contribution >= 4 is 22.3 Å². The van der Waals surface area contributed by atoms with Gasteiger partial charge in [-0.2, -0.15) is 0 Å². The molecule has 3 rings (SSSR count). The number of rotatable bonds is 5. The maximum absolute atomic E-state index is 6.94. The Bertz CT molecular complexity index is 520. The zero-order chi connectivity index (χ0) is 17.2. The molecular weight excluding hydrogens is 324 g/mol. The lowest BCUT2D eigenvalue weighted by atomic mass is 9.63. The van der Waals surface area contributed by atoms with Crippen LogP contribution in [0.25, 0.3) is 0 Å². The highest BCUT2D eigenvalue weighted by Crippen LogP contribution is 2.51. The Labute approximate surface area is 151 Å². The summed E-state index contributed by atoms with van der Waals surface area (Å²) in [4.78, 5) is 0. The van der Waals surface area contributed by atoms with Crippen LogP contribution in [0.15, 0.2) is 30.3 Å². The van der Waals surface area contributed by atoms with Crippen LogP contribution in [0.5, 0.6) is 0 Å². The van der Waals surface area contributed by atoms with Crippen LogP contribution < -0.4 is 5.19 Å². The van der Waals surface area contributed by atoms with Gasteiger partial charge in [0.05, 0.1) is 14.4 Å². The van der Waals surface area contributed by atoms with Crippen LogP contribution in [-0.2, 0) is 4.43 Å². The molecule has 24 heavy (non-hydrogen) atoms. The minimum Gasteiger partial charge on any atom is -0.412 e. The summed E-state index contributed by atoms with van der Waals surface area (Å²) in [7, 11) is -1.92. The quantitative estimate of drug-likeness (QED) is 0.622. The first kappa shape index (κ1) is 18.4. The van der Waals surface area contributed by atoms with E-state index in [2.05, 4.69) is 56.5 Å². The van der Waals surface area contributed by atoms with E-state index in [1.54, 1.807) is 5.19 Å². The minimum absolute atomic E-state index is 0.241. The maximum atomic E-state index is 6.94. The van der Waals surface area contributed by atoms with Crippen LogP contribution in [0.3, 0.4) is 0 Å². The Balaban J connectivity index is 1.76. The monoisotopic (exact) mass is 359 g/mol. The largest absolute Gasteiger partial charge is 0.412 e. The second kappa shape index (κ2) is 7.47. The Hall–Kier alpha value is -0.386. The summed E-state index contributed by atoms with van der Waals surface area (Å²) in [6.45, 7) is 9.68. The topological polar surface area (TPSA) is 9.23 Å². The molecule has 1 aromatic carbocycles. The lowest BCUT2D eigenvalue weighted by Crippen LogP contribution is -2.54. The van der Waals surface area contributed by atoms with Crippen molar-refractivity contribution in [2.75, 3.05) is 0 Å². The molecule has 2 saturated carbocycles. The van der Waals surface area contributed by atoms with Crippen LogP contribution >= 0.6 is 0 Å². The smallest absolute Gasteiger partial charge is 0.184 e. The fourth-order valence-electron chi connectivity index (χ4n) is 5.34. The van der Waals surface area contributed by atoms with Gasteiger partial charge >= 0.3 is 0 Å². The molecule has 0 bridgehead atoms. The molecule has 0 aliphatic heterocycles.